The Morgan fingerprint density at radius 3 is 2.75 bits per heavy atom. The van der Waals surface area contributed by atoms with Crippen molar-refractivity contribution in [2.24, 2.45) is 0 Å². The topological polar surface area (TPSA) is 29.1 Å². The summed E-state index contributed by atoms with van der Waals surface area (Å²) < 4.78 is 0. The molecular formula is C16H13BrClNO. The van der Waals surface area contributed by atoms with Crippen molar-refractivity contribution < 1.29 is 4.79 Å². The zero-order valence-corrected chi connectivity index (χ0v) is 13.3. The summed E-state index contributed by atoms with van der Waals surface area (Å²) in [5.41, 5.74) is 5.35. The van der Waals surface area contributed by atoms with E-state index in [-0.39, 0.29) is 10.7 Å². The molecule has 1 N–H and O–H groups in total. The second-order valence-corrected chi connectivity index (χ2v) is 6.42. The number of hydrogen-bond acceptors (Lipinski definition) is 1. The number of rotatable bonds is 2. The third-order valence-electron chi connectivity index (χ3n) is 3.40. The molecule has 1 amide bonds. The molecule has 0 saturated carbocycles. The van der Waals surface area contributed by atoms with Gasteiger partial charge in [0.05, 0.1) is 11.2 Å². The molecule has 2 aromatic rings. The predicted octanol–water partition coefficient (Wildman–Crippen LogP) is 4.63. The molecule has 20 heavy (non-hydrogen) atoms. The van der Waals surface area contributed by atoms with Crippen LogP contribution in [0.2, 0.25) is 5.02 Å². The Morgan fingerprint density at radius 1 is 1.20 bits per heavy atom. The fourth-order valence-electron chi connectivity index (χ4n) is 2.51. The zero-order chi connectivity index (χ0) is 14.3. The van der Waals surface area contributed by atoms with Crippen LogP contribution in [0.1, 0.15) is 27.1 Å². The molecule has 0 fully saturated rings. The van der Waals surface area contributed by atoms with Crippen LogP contribution in [-0.2, 0) is 11.2 Å². The third-order valence-corrected chi connectivity index (χ3v) is 4.68. The van der Waals surface area contributed by atoms with Crippen LogP contribution in [-0.4, -0.2) is 5.91 Å². The molecule has 0 spiro atoms. The highest BCUT2D eigenvalue weighted by atomic mass is 79.9. The first-order chi connectivity index (χ1) is 9.52. The summed E-state index contributed by atoms with van der Waals surface area (Å²) in [7, 11) is 0. The van der Waals surface area contributed by atoms with Crippen LogP contribution in [0.3, 0.4) is 0 Å². The SMILES string of the molecule is Cc1cc(Cl)cc(C(Br)c2ccc3c(c2)CC(=O)N3)c1. The van der Waals surface area contributed by atoms with E-state index in [4.69, 9.17) is 11.6 Å². The van der Waals surface area contributed by atoms with E-state index in [2.05, 4.69) is 33.4 Å². The number of anilines is 1. The molecule has 1 aliphatic rings. The average Bonchev–Trinajstić information content (AvgIpc) is 2.75. The van der Waals surface area contributed by atoms with Crippen molar-refractivity contribution in [3.05, 3.63) is 63.7 Å². The fourth-order valence-corrected chi connectivity index (χ4v) is 3.36. The lowest BCUT2D eigenvalue weighted by Crippen LogP contribution is -2.03. The Bertz CT molecular complexity index is 679. The molecule has 0 bridgehead atoms. The molecule has 0 aliphatic carbocycles. The minimum Gasteiger partial charge on any atom is -0.326 e. The van der Waals surface area contributed by atoms with Crippen LogP contribution in [0.4, 0.5) is 5.69 Å². The monoisotopic (exact) mass is 349 g/mol. The minimum absolute atomic E-state index is 0.0573. The number of nitrogens with one attached hydrogen (secondary N) is 1. The van der Waals surface area contributed by atoms with Gasteiger partial charge in [0.1, 0.15) is 0 Å². The Hall–Kier alpha value is -1.32. The van der Waals surface area contributed by atoms with E-state index in [9.17, 15) is 4.79 Å². The maximum absolute atomic E-state index is 11.4. The van der Waals surface area contributed by atoms with Gasteiger partial charge in [0.15, 0.2) is 0 Å². The van der Waals surface area contributed by atoms with E-state index < -0.39 is 0 Å². The van der Waals surface area contributed by atoms with Crippen LogP contribution in [0, 0.1) is 6.92 Å². The van der Waals surface area contributed by atoms with Crippen LogP contribution in [0.15, 0.2) is 36.4 Å². The molecular weight excluding hydrogens is 338 g/mol. The van der Waals surface area contributed by atoms with E-state index in [0.717, 1.165) is 33.0 Å². The highest BCUT2D eigenvalue weighted by molar-refractivity contribution is 9.09. The molecule has 0 aromatic heterocycles. The second-order valence-electron chi connectivity index (χ2n) is 5.07. The van der Waals surface area contributed by atoms with Gasteiger partial charge in [-0.1, -0.05) is 45.7 Å². The summed E-state index contributed by atoms with van der Waals surface area (Å²) >= 11 is 9.84. The van der Waals surface area contributed by atoms with Crippen LogP contribution in [0.25, 0.3) is 0 Å². The van der Waals surface area contributed by atoms with Crippen molar-refractivity contribution in [2.75, 3.05) is 5.32 Å². The van der Waals surface area contributed by atoms with Gasteiger partial charge in [-0.3, -0.25) is 4.79 Å². The van der Waals surface area contributed by atoms with Gasteiger partial charge in [0.2, 0.25) is 5.91 Å². The Balaban J connectivity index is 1.97. The fraction of sp³-hybridized carbons (Fsp3) is 0.188. The summed E-state index contributed by atoms with van der Waals surface area (Å²) in [6.07, 6.45) is 0.456. The Labute approximate surface area is 131 Å². The van der Waals surface area contributed by atoms with Gasteiger partial charge in [-0.15, -0.1) is 0 Å². The van der Waals surface area contributed by atoms with Gasteiger partial charge in [-0.05, 0) is 47.4 Å². The average molecular weight is 351 g/mol. The van der Waals surface area contributed by atoms with E-state index in [1.165, 1.54) is 0 Å². The summed E-state index contributed by atoms with van der Waals surface area (Å²) in [6, 6.07) is 12.1. The molecule has 1 unspecified atom stereocenters. The Morgan fingerprint density at radius 2 is 2.00 bits per heavy atom. The highest BCUT2D eigenvalue weighted by Crippen LogP contribution is 2.35. The normalized spacial score (nSPS) is 14.8. The lowest BCUT2D eigenvalue weighted by atomic mass is 10.0. The van der Waals surface area contributed by atoms with Crippen molar-refractivity contribution >= 4 is 39.1 Å². The van der Waals surface area contributed by atoms with Crippen molar-refractivity contribution in [1.29, 1.82) is 0 Å². The maximum atomic E-state index is 11.4. The number of hydrogen-bond donors (Lipinski definition) is 1. The van der Waals surface area contributed by atoms with Gasteiger partial charge in [0.25, 0.3) is 0 Å². The number of halogens is 2. The maximum Gasteiger partial charge on any atom is 0.228 e. The molecule has 2 aromatic carbocycles. The number of alkyl halides is 1. The number of fused-ring (bicyclic) bond motifs is 1. The van der Waals surface area contributed by atoms with Crippen LogP contribution >= 0.6 is 27.5 Å². The lowest BCUT2D eigenvalue weighted by molar-refractivity contribution is -0.115. The number of amides is 1. The zero-order valence-electron chi connectivity index (χ0n) is 10.9. The first-order valence-corrected chi connectivity index (χ1v) is 7.66. The molecule has 3 rings (SSSR count). The van der Waals surface area contributed by atoms with Gasteiger partial charge >= 0.3 is 0 Å². The van der Waals surface area contributed by atoms with Crippen molar-refractivity contribution in [2.45, 2.75) is 18.2 Å². The third kappa shape index (κ3) is 2.60. The smallest absolute Gasteiger partial charge is 0.228 e. The quantitative estimate of drug-likeness (QED) is 0.786. The van der Waals surface area contributed by atoms with E-state index in [1.54, 1.807) is 0 Å². The highest BCUT2D eigenvalue weighted by Gasteiger charge is 2.20. The van der Waals surface area contributed by atoms with Gasteiger partial charge in [-0.25, -0.2) is 0 Å². The van der Waals surface area contributed by atoms with Gasteiger partial charge in [-0.2, -0.15) is 0 Å². The summed E-state index contributed by atoms with van der Waals surface area (Å²) in [6.45, 7) is 2.03. The summed E-state index contributed by atoms with van der Waals surface area (Å²) in [4.78, 5) is 11.5. The first-order valence-electron chi connectivity index (χ1n) is 6.37. The summed E-state index contributed by atoms with van der Waals surface area (Å²) in [5, 5.41) is 3.58. The van der Waals surface area contributed by atoms with E-state index in [1.807, 2.05) is 31.2 Å². The predicted molar refractivity (Wildman–Crippen MR) is 85.7 cm³/mol. The lowest BCUT2D eigenvalue weighted by Gasteiger charge is -2.13. The standard InChI is InChI=1S/C16H13BrClNO/c1-9-4-12(7-13(18)5-9)16(17)10-2-3-14-11(6-10)8-15(20)19-14/h2-7,16H,8H2,1H3,(H,19,20). The molecule has 2 nitrogen and oxygen atoms in total. The first kappa shape index (κ1) is 13.7. The van der Waals surface area contributed by atoms with Crippen molar-refractivity contribution in [3.63, 3.8) is 0 Å². The molecule has 4 heteroatoms. The molecule has 1 aliphatic heterocycles. The largest absolute Gasteiger partial charge is 0.326 e. The van der Waals surface area contributed by atoms with Gasteiger partial charge < -0.3 is 5.32 Å². The van der Waals surface area contributed by atoms with Crippen molar-refractivity contribution in [3.8, 4) is 0 Å². The number of aryl methyl sites for hydroxylation is 1. The summed E-state index contributed by atoms with van der Waals surface area (Å²) in [5.74, 6) is 0.0573. The Kier molecular flexibility index (Phi) is 3.57. The van der Waals surface area contributed by atoms with E-state index >= 15 is 0 Å². The molecule has 0 radical (unpaired) electrons. The second kappa shape index (κ2) is 5.23. The van der Waals surface area contributed by atoms with Crippen LogP contribution in [0.5, 0.6) is 0 Å². The van der Waals surface area contributed by atoms with E-state index in [0.29, 0.717) is 6.42 Å². The van der Waals surface area contributed by atoms with Crippen molar-refractivity contribution in [1.82, 2.24) is 0 Å². The number of carbonyl (C=O) groups excluding carboxylic acids is 1. The van der Waals surface area contributed by atoms with Crippen LogP contribution < -0.4 is 5.32 Å². The molecule has 1 heterocycles. The molecule has 0 saturated heterocycles. The molecule has 1 atom stereocenters. The van der Waals surface area contributed by atoms with Gasteiger partial charge in [0, 0.05) is 10.7 Å². The minimum atomic E-state index is 0.0573. The number of carbonyl (C=O) groups is 1. The molecule has 102 valence electrons. The number of benzene rings is 2.